The molecule has 0 saturated carbocycles. The highest BCUT2D eigenvalue weighted by Crippen LogP contribution is 2.25. The second-order valence-electron chi connectivity index (χ2n) is 6.53. The lowest BCUT2D eigenvalue weighted by Gasteiger charge is -2.30. The van der Waals surface area contributed by atoms with Gasteiger partial charge in [0.2, 0.25) is 15.9 Å². The van der Waals surface area contributed by atoms with E-state index in [4.69, 9.17) is 23.2 Å². The van der Waals surface area contributed by atoms with E-state index in [9.17, 15) is 13.2 Å². The van der Waals surface area contributed by atoms with Gasteiger partial charge in [-0.15, -0.1) is 0 Å². The number of hydrogen-bond acceptors (Lipinski definition) is 3. The lowest BCUT2D eigenvalue weighted by atomic mass is 9.97. The summed E-state index contributed by atoms with van der Waals surface area (Å²) in [5.41, 5.74) is 1.26. The number of piperidine rings is 1. The third kappa shape index (κ3) is 5.23. The van der Waals surface area contributed by atoms with Gasteiger partial charge in [0.25, 0.3) is 0 Å². The topological polar surface area (TPSA) is 66.5 Å². The minimum absolute atomic E-state index is 0.0688. The van der Waals surface area contributed by atoms with Crippen molar-refractivity contribution >= 4 is 44.8 Å². The molecule has 0 atom stereocenters. The van der Waals surface area contributed by atoms with Gasteiger partial charge in [0, 0.05) is 24.0 Å². The van der Waals surface area contributed by atoms with Crippen molar-refractivity contribution in [2.75, 3.05) is 18.4 Å². The fraction of sp³-hybridized carbons (Fsp3) is 0.316. The van der Waals surface area contributed by atoms with Crippen molar-refractivity contribution in [3.8, 4) is 0 Å². The standard InChI is InChI=1S/C19H20Cl2N2O3S/c20-16-7-5-14(6-8-16)13-27(25,26)23-11-9-15(10-12-23)19(24)22-18-4-2-1-3-17(18)21/h1-8,15H,9-13H2,(H,22,24). The van der Waals surface area contributed by atoms with Crippen LogP contribution in [0.5, 0.6) is 0 Å². The second kappa shape index (κ2) is 8.61. The van der Waals surface area contributed by atoms with E-state index in [2.05, 4.69) is 5.32 Å². The van der Waals surface area contributed by atoms with Crippen molar-refractivity contribution in [1.29, 1.82) is 0 Å². The zero-order valence-electron chi connectivity index (χ0n) is 14.6. The number of amides is 1. The summed E-state index contributed by atoms with van der Waals surface area (Å²) in [6.45, 7) is 0.660. The van der Waals surface area contributed by atoms with Crippen LogP contribution in [0.15, 0.2) is 48.5 Å². The van der Waals surface area contributed by atoms with Crippen molar-refractivity contribution in [3.05, 3.63) is 64.1 Å². The number of hydrogen-bond donors (Lipinski definition) is 1. The highest BCUT2D eigenvalue weighted by Gasteiger charge is 2.31. The fourth-order valence-electron chi connectivity index (χ4n) is 3.08. The van der Waals surface area contributed by atoms with Crippen LogP contribution in [0.4, 0.5) is 5.69 Å². The molecule has 0 spiro atoms. The van der Waals surface area contributed by atoms with Crippen LogP contribution < -0.4 is 5.32 Å². The first-order chi connectivity index (χ1) is 12.8. The molecule has 2 aromatic carbocycles. The molecule has 0 radical (unpaired) electrons. The Labute approximate surface area is 169 Å². The SMILES string of the molecule is O=C(Nc1ccccc1Cl)C1CCN(S(=O)(=O)Cc2ccc(Cl)cc2)CC1. The zero-order valence-corrected chi connectivity index (χ0v) is 16.9. The normalized spacial score (nSPS) is 16.2. The molecule has 1 fully saturated rings. The summed E-state index contributed by atoms with van der Waals surface area (Å²) in [7, 11) is -3.43. The second-order valence-corrected chi connectivity index (χ2v) is 9.34. The third-order valence-corrected chi connectivity index (χ3v) is 7.04. The van der Waals surface area contributed by atoms with Crippen LogP contribution in [0.25, 0.3) is 0 Å². The van der Waals surface area contributed by atoms with Crippen LogP contribution in [-0.4, -0.2) is 31.7 Å². The van der Waals surface area contributed by atoms with E-state index in [0.717, 1.165) is 0 Å². The molecule has 8 heteroatoms. The Balaban J connectivity index is 1.57. The third-order valence-electron chi connectivity index (χ3n) is 4.61. The van der Waals surface area contributed by atoms with E-state index >= 15 is 0 Å². The van der Waals surface area contributed by atoms with Gasteiger partial charge in [-0.2, -0.15) is 0 Å². The van der Waals surface area contributed by atoms with E-state index in [1.807, 2.05) is 0 Å². The molecule has 1 amide bonds. The Bertz CT molecular complexity index is 909. The number of nitrogens with one attached hydrogen (secondary N) is 1. The highest BCUT2D eigenvalue weighted by atomic mass is 35.5. The molecule has 0 unspecified atom stereocenters. The maximum absolute atomic E-state index is 12.6. The van der Waals surface area contributed by atoms with Crippen molar-refractivity contribution in [2.45, 2.75) is 18.6 Å². The molecule has 1 aliphatic heterocycles. The summed E-state index contributed by atoms with van der Waals surface area (Å²) in [6, 6.07) is 13.8. The van der Waals surface area contributed by atoms with Gasteiger partial charge in [0.15, 0.2) is 0 Å². The van der Waals surface area contributed by atoms with E-state index in [1.165, 1.54) is 4.31 Å². The number of anilines is 1. The molecule has 2 aromatic rings. The van der Waals surface area contributed by atoms with E-state index < -0.39 is 10.0 Å². The summed E-state index contributed by atoms with van der Waals surface area (Å²) in [4.78, 5) is 12.4. The first-order valence-corrected chi connectivity index (χ1v) is 11.0. The molecule has 3 rings (SSSR count). The molecule has 1 N–H and O–H groups in total. The van der Waals surface area contributed by atoms with Gasteiger partial charge >= 0.3 is 0 Å². The van der Waals surface area contributed by atoms with Gasteiger partial charge in [-0.25, -0.2) is 12.7 Å². The van der Waals surface area contributed by atoms with Gasteiger partial charge in [0.05, 0.1) is 16.5 Å². The molecular weight excluding hydrogens is 407 g/mol. The van der Waals surface area contributed by atoms with Crippen molar-refractivity contribution in [2.24, 2.45) is 5.92 Å². The van der Waals surface area contributed by atoms with Crippen molar-refractivity contribution in [1.82, 2.24) is 4.31 Å². The molecular formula is C19H20Cl2N2O3S. The summed E-state index contributed by atoms with van der Waals surface area (Å²) < 4.78 is 26.7. The largest absolute Gasteiger partial charge is 0.325 e. The molecule has 27 heavy (non-hydrogen) atoms. The monoisotopic (exact) mass is 426 g/mol. The molecule has 1 aliphatic rings. The van der Waals surface area contributed by atoms with Gasteiger partial charge in [-0.3, -0.25) is 4.79 Å². The Hall–Kier alpha value is -1.60. The molecule has 5 nitrogen and oxygen atoms in total. The molecule has 1 heterocycles. The Morgan fingerprint density at radius 2 is 1.67 bits per heavy atom. The number of carbonyl (C=O) groups is 1. The van der Waals surface area contributed by atoms with E-state index in [-0.39, 0.29) is 17.6 Å². The number of carbonyl (C=O) groups excluding carboxylic acids is 1. The number of benzene rings is 2. The lowest BCUT2D eigenvalue weighted by Crippen LogP contribution is -2.41. The zero-order chi connectivity index (χ0) is 19.4. The maximum atomic E-state index is 12.6. The van der Waals surface area contributed by atoms with Gasteiger partial charge < -0.3 is 5.32 Å². The van der Waals surface area contributed by atoms with E-state index in [0.29, 0.717) is 47.2 Å². The predicted octanol–water partition coefficient (Wildman–Crippen LogP) is 4.17. The lowest BCUT2D eigenvalue weighted by molar-refractivity contribution is -0.120. The molecule has 0 aromatic heterocycles. The highest BCUT2D eigenvalue weighted by molar-refractivity contribution is 7.88. The number of nitrogens with zero attached hydrogens (tertiary/aromatic N) is 1. The van der Waals surface area contributed by atoms with Crippen LogP contribution in [0, 0.1) is 5.92 Å². The summed E-state index contributed by atoms with van der Waals surface area (Å²) >= 11 is 11.9. The first-order valence-electron chi connectivity index (χ1n) is 8.63. The molecule has 144 valence electrons. The average Bonchev–Trinajstić information content (AvgIpc) is 2.65. The molecule has 0 bridgehead atoms. The summed E-state index contributed by atoms with van der Waals surface area (Å²) in [5.74, 6) is -0.429. The van der Waals surface area contributed by atoms with Gasteiger partial charge in [-0.1, -0.05) is 47.5 Å². The average molecular weight is 427 g/mol. The van der Waals surface area contributed by atoms with Gasteiger partial charge in [0.1, 0.15) is 0 Å². The van der Waals surface area contributed by atoms with Crippen LogP contribution in [0.3, 0.4) is 0 Å². The fourth-order valence-corrected chi connectivity index (χ4v) is 4.95. The Morgan fingerprint density at radius 3 is 2.30 bits per heavy atom. The number of halogens is 2. The van der Waals surface area contributed by atoms with Crippen molar-refractivity contribution in [3.63, 3.8) is 0 Å². The Kier molecular flexibility index (Phi) is 6.42. The van der Waals surface area contributed by atoms with Crippen LogP contribution >= 0.6 is 23.2 Å². The first kappa shape index (κ1) is 20.1. The van der Waals surface area contributed by atoms with Gasteiger partial charge in [-0.05, 0) is 42.7 Å². The summed E-state index contributed by atoms with van der Waals surface area (Å²) in [5, 5.41) is 3.88. The van der Waals surface area contributed by atoms with Crippen LogP contribution in [0.1, 0.15) is 18.4 Å². The van der Waals surface area contributed by atoms with E-state index in [1.54, 1.807) is 48.5 Å². The summed E-state index contributed by atoms with van der Waals surface area (Å²) in [6.07, 6.45) is 0.965. The number of para-hydroxylation sites is 1. The maximum Gasteiger partial charge on any atom is 0.227 e. The molecule has 0 aliphatic carbocycles. The van der Waals surface area contributed by atoms with Crippen LogP contribution in [-0.2, 0) is 20.6 Å². The quantitative estimate of drug-likeness (QED) is 0.779. The van der Waals surface area contributed by atoms with Crippen molar-refractivity contribution < 1.29 is 13.2 Å². The number of rotatable bonds is 5. The van der Waals surface area contributed by atoms with Crippen LogP contribution in [0.2, 0.25) is 10.0 Å². The predicted molar refractivity (Wildman–Crippen MR) is 108 cm³/mol. The molecule has 1 saturated heterocycles. The smallest absolute Gasteiger partial charge is 0.227 e. The minimum Gasteiger partial charge on any atom is -0.325 e. The Morgan fingerprint density at radius 1 is 1.04 bits per heavy atom. The minimum atomic E-state index is -3.43. The number of sulfonamides is 1.